The molecule has 0 bridgehead atoms. The summed E-state index contributed by atoms with van der Waals surface area (Å²) in [6.45, 7) is 2.71. The summed E-state index contributed by atoms with van der Waals surface area (Å²) in [6, 6.07) is 7.28. The van der Waals surface area contributed by atoms with E-state index in [9.17, 15) is 14.4 Å². The van der Waals surface area contributed by atoms with Crippen molar-refractivity contribution in [2.45, 2.75) is 51.6 Å². The fraction of sp³-hybridized carbons (Fsp3) is 0.526. The van der Waals surface area contributed by atoms with E-state index in [-0.39, 0.29) is 31.5 Å². The highest BCUT2D eigenvalue weighted by atomic mass is 16.5. The number of aromatic nitrogens is 1. The average Bonchev–Trinajstić information content (AvgIpc) is 2.99. The molecule has 0 aliphatic carbocycles. The molecule has 1 aromatic carbocycles. The van der Waals surface area contributed by atoms with Crippen molar-refractivity contribution < 1.29 is 18.7 Å². The molecular weight excluding hydrogens is 336 g/mol. The number of likely N-dealkylation sites (tertiary alicyclic amines) is 1. The second-order valence-electron chi connectivity index (χ2n) is 6.54. The summed E-state index contributed by atoms with van der Waals surface area (Å²) in [6.07, 6.45) is 4.05. The van der Waals surface area contributed by atoms with Crippen molar-refractivity contribution in [3.05, 3.63) is 34.8 Å². The number of rotatable bonds is 6. The number of benzene rings is 1. The van der Waals surface area contributed by atoms with Crippen LogP contribution in [0.5, 0.6) is 0 Å². The number of ether oxygens (including phenoxy) is 1. The number of nitrogens with zero attached hydrogens (tertiary/aromatic N) is 2. The van der Waals surface area contributed by atoms with Gasteiger partial charge in [-0.25, -0.2) is 4.79 Å². The fourth-order valence-corrected chi connectivity index (χ4v) is 3.48. The average molecular weight is 360 g/mol. The lowest BCUT2D eigenvalue weighted by molar-refractivity contribution is -0.153. The van der Waals surface area contributed by atoms with E-state index in [1.165, 1.54) is 4.57 Å². The van der Waals surface area contributed by atoms with Crippen molar-refractivity contribution in [1.29, 1.82) is 0 Å². The maximum Gasteiger partial charge on any atom is 0.419 e. The molecule has 1 unspecified atom stereocenters. The van der Waals surface area contributed by atoms with Gasteiger partial charge in [-0.15, -0.1) is 0 Å². The van der Waals surface area contributed by atoms with Crippen molar-refractivity contribution in [3.8, 4) is 0 Å². The van der Waals surface area contributed by atoms with Gasteiger partial charge in [0.1, 0.15) is 0 Å². The van der Waals surface area contributed by atoms with E-state index in [4.69, 9.17) is 9.15 Å². The van der Waals surface area contributed by atoms with Gasteiger partial charge in [0.25, 0.3) is 5.91 Å². The van der Waals surface area contributed by atoms with Gasteiger partial charge in [0.15, 0.2) is 12.2 Å². The van der Waals surface area contributed by atoms with Gasteiger partial charge in [0, 0.05) is 19.1 Å². The number of fused-ring (bicyclic) bond motifs is 1. The molecule has 0 spiro atoms. The summed E-state index contributed by atoms with van der Waals surface area (Å²) >= 11 is 0. The molecule has 3 rings (SSSR count). The molecule has 0 radical (unpaired) electrons. The lowest BCUT2D eigenvalue weighted by atomic mass is 10.00. The number of piperidine rings is 1. The summed E-state index contributed by atoms with van der Waals surface area (Å²) in [5.41, 5.74) is 1.12. The van der Waals surface area contributed by atoms with Gasteiger partial charge < -0.3 is 14.1 Å². The molecular formula is C19H24N2O5. The second-order valence-corrected chi connectivity index (χ2v) is 6.54. The third-order valence-electron chi connectivity index (χ3n) is 4.89. The minimum Gasteiger partial charge on any atom is -0.456 e. The van der Waals surface area contributed by atoms with Crippen LogP contribution in [0.4, 0.5) is 0 Å². The minimum absolute atomic E-state index is 0.00786. The van der Waals surface area contributed by atoms with Gasteiger partial charge in [-0.05, 0) is 37.8 Å². The molecule has 7 nitrogen and oxygen atoms in total. The minimum atomic E-state index is -0.505. The van der Waals surface area contributed by atoms with Crippen LogP contribution in [-0.4, -0.2) is 40.5 Å². The topological polar surface area (TPSA) is 81.8 Å². The first-order chi connectivity index (χ1) is 12.6. The summed E-state index contributed by atoms with van der Waals surface area (Å²) in [7, 11) is 0. The molecule has 0 N–H and O–H groups in total. The highest BCUT2D eigenvalue weighted by molar-refractivity contribution is 5.81. The Kier molecular flexibility index (Phi) is 5.75. The largest absolute Gasteiger partial charge is 0.456 e. The lowest BCUT2D eigenvalue weighted by Crippen LogP contribution is -2.45. The molecule has 2 heterocycles. The van der Waals surface area contributed by atoms with Crippen LogP contribution < -0.4 is 5.76 Å². The van der Waals surface area contributed by atoms with Crippen molar-refractivity contribution in [2.75, 3.05) is 13.2 Å². The maximum atomic E-state index is 12.3. The van der Waals surface area contributed by atoms with Gasteiger partial charge in [0.2, 0.25) is 0 Å². The first-order valence-corrected chi connectivity index (χ1v) is 9.13. The molecule has 1 aliphatic rings. The van der Waals surface area contributed by atoms with Crippen molar-refractivity contribution in [2.24, 2.45) is 0 Å². The molecule has 1 aromatic heterocycles. The molecule has 2 aromatic rings. The number of amides is 1. The second kappa shape index (κ2) is 8.21. The van der Waals surface area contributed by atoms with Crippen LogP contribution >= 0.6 is 0 Å². The van der Waals surface area contributed by atoms with E-state index >= 15 is 0 Å². The highest BCUT2D eigenvalue weighted by Crippen LogP contribution is 2.19. The first-order valence-electron chi connectivity index (χ1n) is 9.13. The predicted octanol–water partition coefficient (Wildman–Crippen LogP) is 2.32. The zero-order valence-electron chi connectivity index (χ0n) is 15.0. The molecule has 26 heavy (non-hydrogen) atoms. The summed E-state index contributed by atoms with van der Waals surface area (Å²) in [5, 5.41) is 0. The van der Waals surface area contributed by atoms with Crippen molar-refractivity contribution >= 4 is 23.0 Å². The van der Waals surface area contributed by atoms with E-state index in [2.05, 4.69) is 6.92 Å². The van der Waals surface area contributed by atoms with Gasteiger partial charge in [-0.1, -0.05) is 19.1 Å². The van der Waals surface area contributed by atoms with Crippen LogP contribution in [0.1, 0.15) is 39.0 Å². The Morgan fingerprint density at radius 2 is 2.08 bits per heavy atom. The van der Waals surface area contributed by atoms with E-state index in [1.807, 2.05) is 4.90 Å². The number of hydrogen-bond acceptors (Lipinski definition) is 5. The Morgan fingerprint density at radius 3 is 2.88 bits per heavy atom. The van der Waals surface area contributed by atoms with Crippen LogP contribution in [0.2, 0.25) is 0 Å². The number of carbonyl (C=O) groups is 2. The van der Waals surface area contributed by atoms with Crippen molar-refractivity contribution in [3.63, 3.8) is 0 Å². The number of carbonyl (C=O) groups excluding carboxylic acids is 2. The molecule has 1 atom stereocenters. The van der Waals surface area contributed by atoms with Crippen LogP contribution in [-0.2, 0) is 20.9 Å². The molecule has 1 aliphatic heterocycles. The molecule has 1 fully saturated rings. The fourth-order valence-electron chi connectivity index (χ4n) is 3.48. The highest BCUT2D eigenvalue weighted by Gasteiger charge is 2.25. The number of oxazole rings is 1. The van der Waals surface area contributed by atoms with Crippen LogP contribution in [0, 0.1) is 0 Å². The third kappa shape index (κ3) is 3.98. The van der Waals surface area contributed by atoms with Crippen LogP contribution in [0.25, 0.3) is 11.1 Å². The van der Waals surface area contributed by atoms with E-state index in [0.717, 1.165) is 32.2 Å². The Hall–Kier alpha value is -2.57. The van der Waals surface area contributed by atoms with Gasteiger partial charge >= 0.3 is 11.7 Å². The molecule has 0 saturated carbocycles. The number of para-hydroxylation sites is 2. The zero-order valence-corrected chi connectivity index (χ0v) is 15.0. The SMILES string of the molecule is CCC1CCCCN1C(=O)COC(=O)CCn1c(=O)oc2ccccc21. The number of esters is 1. The number of aryl methyl sites for hydroxylation is 1. The quantitative estimate of drug-likeness (QED) is 0.739. The summed E-state index contributed by atoms with van der Waals surface area (Å²) in [5.74, 6) is -1.15. The van der Waals surface area contributed by atoms with Crippen LogP contribution in [0.15, 0.2) is 33.5 Å². The Labute approximate surface area is 151 Å². The van der Waals surface area contributed by atoms with Gasteiger partial charge in [-0.3, -0.25) is 14.2 Å². The molecule has 1 saturated heterocycles. The predicted molar refractivity (Wildman–Crippen MR) is 95.7 cm³/mol. The van der Waals surface area contributed by atoms with E-state index in [0.29, 0.717) is 11.1 Å². The van der Waals surface area contributed by atoms with Crippen LogP contribution in [0.3, 0.4) is 0 Å². The van der Waals surface area contributed by atoms with E-state index < -0.39 is 11.7 Å². The Bertz CT molecular complexity index is 838. The first kappa shape index (κ1) is 18.2. The lowest BCUT2D eigenvalue weighted by Gasteiger charge is -2.35. The van der Waals surface area contributed by atoms with Gasteiger partial charge in [0.05, 0.1) is 11.9 Å². The maximum absolute atomic E-state index is 12.3. The summed E-state index contributed by atoms with van der Waals surface area (Å²) in [4.78, 5) is 38.0. The Balaban J connectivity index is 1.52. The summed E-state index contributed by atoms with van der Waals surface area (Å²) < 4.78 is 11.7. The number of hydrogen-bond donors (Lipinski definition) is 0. The smallest absolute Gasteiger partial charge is 0.419 e. The standard InChI is InChI=1S/C19H24N2O5/c1-2-14-7-5-6-11-20(14)17(22)13-25-18(23)10-12-21-15-8-3-4-9-16(15)26-19(21)24/h3-4,8-9,14H,2,5-7,10-13H2,1H3. The van der Waals surface area contributed by atoms with Crippen molar-refractivity contribution in [1.82, 2.24) is 9.47 Å². The van der Waals surface area contributed by atoms with E-state index in [1.54, 1.807) is 24.3 Å². The third-order valence-corrected chi connectivity index (χ3v) is 4.89. The molecule has 7 heteroatoms. The molecule has 1 amide bonds. The van der Waals surface area contributed by atoms with Gasteiger partial charge in [-0.2, -0.15) is 0 Å². The zero-order chi connectivity index (χ0) is 18.5. The Morgan fingerprint density at radius 1 is 1.27 bits per heavy atom. The molecule has 140 valence electrons. The normalized spacial score (nSPS) is 17.4. The monoisotopic (exact) mass is 360 g/mol.